The zero-order valence-electron chi connectivity index (χ0n) is 15.6. The number of carbonyl (C=O) groups is 2. The highest BCUT2D eigenvalue weighted by atomic mass is 32.2. The second kappa shape index (κ2) is 9.29. The normalized spacial score (nSPS) is 16.7. The number of amides is 1. The van der Waals surface area contributed by atoms with Crippen LogP contribution in [0.4, 0.5) is 0 Å². The Morgan fingerprint density at radius 2 is 1.96 bits per heavy atom. The third kappa shape index (κ3) is 5.06. The van der Waals surface area contributed by atoms with Crippen molar-refractivity contribution in [1.29, 1.82) is 0 Å². The molecular formula is C18H26N2O6S. The minimum absolute atomic E-state index is 0.0156. The van der Waals surface area contributed by atoms with Crippen LogP contribution in [0.2, 0.25) is 0 Å². The lowest BCUT2D eigenvalue weighted by Crippen LogP contribution is -2.44. The van der Waals surface area contributed by atoms with Gasteiger partial charge in [-0.25, -0.2) is 13.2 Å². The molecule has 1 aliphatic rings. The Morgan fingerprint density at radius 1 is 1.30 bits per heavy atom. The molecule has 0 radical (unpaired) electrons. The highest BCUT2D eigenvalue weighted by molar-refractivity contribution is 7.89. The molecule has 9 heteroatoms. The highest BCUT2D eigenvalue weighted by Gasteiger charge is 2.29. The van der Waals surface area contributed by atoms with Crippen LogP contribution in [0.25, 0.3) is 0 Å². The summed E-state index contributed by atoms with van der Waals surface area (Å²) in [5, 5.41) is 11.5. The van der Waals surface area contributed by atoms with Gasteiger partial charge in [0.05, 0.1) is 18.6 Å². The van der Waals surface area contributed by atoms with Gasteiger partial charge >= 0.3 is 5.97 Å². The topological polar surface area (TPSA) is 113 Å². The third-order valence-electron chi connectivity index (χ3n) is 4.84. The van der Waals surface area contributed by atoms with Crippen LogP contribution < -0.4 is 5.32 Å². The van der Waals surface area contributed by atoms with Gasteiger partial charge in [-0.15, -0.1) is 0 Å². The molecule has 1 saturated carbocycles. The Bertz CT molecular complexity index is 774. The molecule has 0 aliphatic heterocycles. The predicted molar refractivity (Wildman–Crippen MR) is 98.6 cm³/mol. The number of ether oxygens (including phenoxy) is 1. The van der Waals surface area contributed by atoms with Crippen molar-refractivity contribution in [3.63, 3.8) is 0 Å². The molecular weight excluding hydrogens is 372 g/mol. The third-order valence-corrected chi connectivity index (χ3v) is 6.74. The number of esters is 1. The van der Waals surface area contributed by atoms with E-state index in [0.717, 1.165) is 39.2 Å². The van der Waals surface area contributed by atoms with Crippen molar-refractivity contribution in [2.75, 3.05) is 20.8 Å². The van der Waals surface area contributed by atoms with Crippen molar-refractivity contribution >= 4 is 21.9 Å². The quantitative estimate of drug-likeness (QED) is 0.660. The molecule has 150 valence electrons. The largest absolute Gasteiger partial charge is 0.467 e. The standard InChI is InChI=1S/C18H26N2O6S/c1-20(14-8-4-3-5-9-14)27(24,25)15-10-6-7-13(11-15)17(22)19-16(12-21)18(23)26-2/h6-7,10-11,14,16,21H,3-5,8-9,12H2,1-2H3,(H,19,22)/t16-/m0/s1. The van der Waals surface area contributed by atoms with Crippen LogP contribution in [0.5, 0.6) is 0 Å². The number of nitrogens with one attached hydrogen (secondary N) is 1. The zero-order valence-corrected chi connectivity index (χ0v) is 16.4. The van der Waals surface area contributed by atoms with E-state index in [2.05, 4.69) is 10.1 Å². The number of benzene rings is 1. The number of hydrogen-bond donors (Lipinski definition) is 2. The number of rotatable bonds is 7. The van der Waals surface area contributed by atoms with Gasteiger partial charge < -0.3 is 15.2 Å². The van der Waals surface area contributed by atoms with Crippen LogP contribution >= 0.6 is 0 Å². The summed E-state index contributed by atoms with van der Waals surface area (Å²) in [6, 6.07) is 4.38. The van der Waals surface area contributed by atoms with Gasteiger partial charge in [-0.2, -0.15) is 4.31 Å². The van der Waals surface area contributed by atoms with Gasteiger partial charge in [0.25, 0.3) is 5.91 Å². The molecule has 1 aromatic carbocycles. The number of hydrogen-bond acceptors (Lipinski definition) is 6. The first-order valence-electron chi connectivity index (χ1n) is 8.89. The number of sulfonamides is 1. The SMILES string of the molecule is COC(=O)[C@H](CO)NC(=O)c1cccc(S(=O)(=O)N(C)C2CCCCC2)c1. The van der Waals surface area contributed by atoms with E-state index in [9.17, 15) is 23.1 Å². The monoisotopic (exact) mass is 398 g/mol. The molecule has 1 aliphatic carbocycles. The first-order valence-corrected chi connectivity index (χ1v) is 10.3. The average molecular weight is 398 g/mol. The Morgan fingerprint density at radius 3 is 2.56 bits per heavy atom. The number of aliphatic hydroxyl groups excluding tert-OH is 1. The van der Waals surface area contributed by atoms with E-state index < -0.39 is 34.5 Å². The smallest absolute Gasteiger partial charge is 0.330 e. The van der Waals surface area contributed by atoms with Gasteiger partial charge in [0.2, 0.25) is 10.0 Å². The summed E-state index contributed by atoms with van der Waals surface area (Å²) in [4.78, 5) is 23.9. The molecule has 0 spiro atoms. The first-order chi connectivity index (χ1) is 12.8. The van der Waals surface area contributed by atoms with Crippen LogP contribution in [0.1, 0.15) is 42.5 Å². The van der Waals surface area contributed by atoms with E-state index in [1.54, 1.807) is 7.05 Å². The molecule has 1 aromatic rings. The predicted octanol–water partition coefficient (Wildman–Crippen LogP) is 0.903. The maximum atomic E-state index is 12.9. The fraction of sp³-hybridized carbons (Fsp3) is 0.556. The molecule has 2 rings (SSSR count). The van der Waals surface area contributed by atoms with Gasteiger partial charge in [-0.1, -0.05) is 25.3 Å². The van der Waals surface area contributed by atoms with Crippen LogP contribution in [0, 0.1) is 0 Å². The lowest BCUT2D eigenvalue weighted by molar-refractivity contribution is -0.143. The van der Waals surface area contributed by atoms with Crippen LogP contribution in [0.15, 0.2) is 29.2 Å². The van der Waals surface area contributed by atoms with Crippen LogP contribution in [0.3, 0.4) is 0 Å². The number of methoxy groups -OCH3 is 1. The lowest BCUT2D eigenvalue weighted by Gasteiger charge is -2.30. The minimum Gasteiger partial charge on any atom is -0.467 e. The highest BCUT2D eigenvalue weighted by Crippen LogP contribution is 2.26. The summed E-state index contributed by atoms with van der Waals surface area (Å²) in [5.41, 5.74) is 0.0791. The average Bonchev–Trinajstić information content (AvgIpc) is 2.71. The molecule has 1 atom stereocenters. The molecule has 8 nitrogen and oxygen atoms in total. The maximum absolute atomic E-state index is 12.9. The second-order valence-corrected chi connectivity index (χ2v) is 8.57. The van der Waals surface area contributed by atoms with E-state index in [1.165, 1.54) is 28.6 Å². The summed E-state index contributed by atoms with van der Waals surface area (Å²) in [7, 11) is -1.03. The molecule has 27 heavy (non-hydrogen) atoms. The van der Waals surface area contributed by atoms with E-state index in [4.69, 9.17) is 0 Å². The molecule has 0 aromatic heterocycles. The molecule has 0 heterocycles. The zero-order chi connectivity index (χ0) is 20.0. The second-order valence-electron chi connectivity index (χ2n) is 6.57. The van der Waals surface area contributed by atoms with Gasteiger partial charge in [-0.3, -0.25) is 4.79 Å². The van der Waals surface area contributed by atoms with E-state index in [-0.39, 0.29) is 16.5 Å². The maximum Gasteiger partial charge on any atom is 0.330 e. The summed E-state index contributed by atoms with van der Waals surface area (Å²) in [6.07, 6.45) is 4.78. The number of nitrogens with zero attached hydrogens (tertiary/aromatic N) is 1. The number of aliphatic hydroxyl groups is 1. The van der Waals surface area contributed by atoms with E-state index in [1.807, 2.05) is 0 Å². The van der Waals surface area contributed by atoms with Gasteiger partial charge in [0.1, 0.15) is 0 Å². The summed E-state index contributed by atoms with van der Waals surface area (Å²) in [5.74, 6) is -1.46. The lowest BCUT2D eigenvalue weighted by atomic mass is 9.96. The van der Waals surface area contributed by atoms with Gasteiger partial charge in [0.15, 0.2) is 6.04 Å². The van der Waals surface area contributed by atoms with E-state index in [0.29, 0.717) is 0 Å². The molecule has 1 amide bonds. The summed E-state index contributed by atoms with van der Waals surface area (Å²) >= 11 is 0. The van der Waals surface area contributed by atoms with Crippen molar-refractivity contribution in [2.45, 2.75) is 49.1 Å². The van der Waals surface area contributed by atoms with Gasteiger partial charge in [-0.05, 0) is 31.0 Å². The van der Waals surface area contributed by atoms with Crippen molar-refractivity contribution < 1.29 is 27.9 Å². The Hall–Kier alpha value is -1.97. The van der Waals surface area contributed by atoms with Crippen LogP contribution in [-0.2, 0) is 19.6 Å². The van der Waals surface area contributed by atoms with Crippen molar-refractivity contribution in [3.05, 3.63) is 29.8 Å². The summed E-state index contributed by atoms with van der Waals surface area (Å²) in [6.45, 7) is -0.624. The first kappa shape index (κ1) is 21.3. The number of carbonyl (C=O) groups excluding carboxylic acids is 2. The fourth-order valence-corrected chi connectivity index (χ4v) is 4.63. The molecule has 1 fully saturated rings. The van der Waals surface area contributed by atoms with Crippen molar-refractivity contribution in [2.24, 2.45) is 0 Å². The van der Waals surface area contributed by atoms with Crippen molar-refractivity contribution in [1.82, 2.24) is 9.62 Å². The Labute approximate surface area is 159 Å². The van der Waals surface area contributed by atoms with Crippen molar-refractivity contribution in [3.8, 4) is 0 Å². The van der Waals surface area contributed by atoms with Gasteiger partial charge in [0, 0.05) is 18.7 Å². The molecule has 0 saturated heterocycles. The fourth-order valence-electron chi connectivity index (χ4n) is 3.17. The molecule has 0 bridgehead atoms. The van der Waals surface area contributed by atoms with E-state index >= 15 is 0 Å². The Balaban J connectivity index is 2.20. The summed E-state index contributed by atoms with van der Waals surface area (Å²) < 4.78 is 31.7. The van der Waals surface area contributed by atoms with Crippen LogP contribution in [-0.4, -0.2) is 62.6 Å². The molecule has 2 N–H and O–H groups in total. The molecule has 0 unspecified atom stereocenters. The minimum atomic E-state index is -3.74. The Kier molecular flexibility index (Phi) is 7.34.